The molecule has 3 aromatic rings. The number of rotatable bonds is 4. The summed E-state index contributed by atoms with van der Waals surface area (Å²) in [6.07, 6.45) is -0.134. The van der Waals surface area contributed by atoms with E-state index in [1.54, 1.807) is 4.90 Å². The Labute approximate surface area is 203 Å². The maximum atomic E-state index is 14.6. The molecular weight excluding hydrogens is 513 g/mol. The third kappa shape index (κ3) is 6.17. The largest absolute Gasteiger partial charge is 0.490 e. The second-order valence-electron chi connectivity index (χ2n) is 7.67. The van der Waals surface area contributed by atoms with Crippen molar-refractivity contribution in [2.75, 3.05) is 29.0 Å². The molecule has 0 aliphatic carbocycles. The number of hydrogen-bond acceptors (Lipinski definition) is 8. The molecule has 1 aliphatic rings. The van der Waals surface area contributed by atoms with Crippen LogP contribution in [0.5, 0.6) is 0 Å². The average Bonchev–Trinajstić information content (AvgIpc) is 3.14. The van der Waals surface area contributed by atoms with Crippen molar-refractivity contribution in [3.8, 4) is 0 Å². The van der Waals surface area contributed by atoms with Gasteiger partial charge in [0.25, 0.3) is 5.91 Å². The van der Waals surface area contributed by atoms with E-state index in [-0.39, 0.29) is 28.4 Å². The fraction of sp³-hybridized carbons (Fsp3) is 0.300. The number of carboxylic acids is 2. The van der Waals surface area contributed by atoms with Crippen LogP contribution in [0.25, 0.3) is 5.65 Å². The van der Waals surface area contributed by atoms with Gasteiger partial charge in [0.2, 0.25) is 0 Å². The molecule has 0 unspecified atom stereocenters. The molecular formula is C20H18F5N7O5. The number of hydrogen-bond donors (Lipinski definition) is 4. The molecule has 37 heavy (non-hydrogen) atoms. The van der Waals surface area contributed by atoms with Gasteiger partial charge in [0.05, 0.1) is 36.4 Å². The number of aromatic nitrogens is 4. The van der Waals surface area contributed by atoms with Gasteiger partial charge in [0.15, 0.2) is 23.1 Å². The SMILES string of the molecule is Nc1nn2cc(F)cnc2c1C(=O)Nc1cncc(F)c1N1CCC(C(=O)O)CC1.O=C(O)C(F)(F)F. The topological polar surface area (TPSA) is 176 Å². The summed E-state index contributed by atoms with van der Waals surface area (Å²) in [7, 11) is 0. The molecule has 17 heteroatoms. The minimum absolute atomic E-state index is 0.0413. The van der Waals surface area contributed by atoms with Crippen LogP contribution in [-0.4, -0.2) is 66.9 Å². The Hall–Kier alpha value is -4.57. The number of aliphatic carboxylic acids is 2. The van der Waals surface area contributed by atoms with E-state index in [2.05, 4.69) is 20.4 Å². The lowest BCUT2D eigenvalue weighted by Gasteiger charge is -2.33. The third-order valence-corrected chi connectivity index (χ3v) is 5.22. The van der Waals surface area contributed by atoms with Crippen molar-refractivity contribution < 1.29 is 46.5 Å². The van der Waals surface area contributed by atoms with Crippen molar-refractivity contribution >= 4 is 40.7 Å². The van der Waals surface area contributed by atoms with Gasteiger partial charge in [-0.15, -0.1) is 5.10 Å². The number of piperidine rings is 1. The molecule has 0 spiro atoms. The van der Waals surface area contributed by atoms with Crippen LogP contribution in [-0.2, 0) is 9.59 Å². The number of nitrogens with one attached hydrogen (secondary N) is 1. The Kier molecular flexibility index (Phi) is 7.73. The molecule has 1 aliphatic heterocycles. The van der Waals surface area contributed by atoms with Gasteiger partial charge in [0, 0.05) is 13.1 Å². The Morgan fingerprint density at radius 3 is 2.27 bits per heavy atom. The maximum Gasteiger partial charge on any atom is 0.490 e. The highest BCUT2D eigenvalue weighted by molar-refractivity contribution is 6.12. The van der Waals surface area contributed by atoms with E-state index in [4.69, 9.17) is 20.7 Å². The molecule has 1 saturated heterocycles. The molecule has 0 bridgehead atoms. The predicted molar refractivity (Wildman–Crippen MR) is 116 cm³/mol. The number of carbonyl (C=O) groups excluding carboxylic acids is 1. The number of carbonyl (C=O) groups is 3. The summed E-state index contributed by atoms with van der Waals surface area (Å²) in [5, 5.41) is 22.7. The van der Waals surface area contributed by atoms with E-state index in [0.717, 1.165) is 23.1 Å². The van der Waals surface area contributed by atoms with E-state index in [1.165, 1.54) is 6.20 Å². The van der Waals surface area contributed by atoms with Crippen LogP contribution in [0.4, 0.5) is 39.1 Å². The summed E-state index contributed by atoms with van der Waals surface area (Å²) in [6.45, 7) is 0.612. The summed E-state index contributed by atoms with van der Waals surface area (Å²) in [6, 6.07) is 0. The number of alkyl halides is 3. The third-order valence-electron chi connectivity index (χ3n) is 5.22. The summed E-state index contributed by atoms with van der Waals surface area (Å²) in [5.74, 6) is -6.32. The minimum atomic E-state index is -5.08. The lowest BCUT2D eigenvalue weighted by atomic mass is 9.96. The van der Waals surface area contributed by atoms with E-state index in [0.29, 0.717) is 25.9 Å². The molecule has 0 aromatic carbocycles. The highest BCUT2D eigenvalue weighted by atomic mass is 19.4. The van der Waals surface area contributed by atoms with Crippen molar-refractivity contribution in [3.05, 3.63) is 42.0 Å². The van der Waals surface area contributed by atoms with E-state index in [1.807, 2.05) is 0 Å². The molecule has 1 amide bonds. The number of nitrogens with two attached hydrogens (primary N) is 1. The zero-order valence-corrected chi connectivity index (χ0v) is 18.5. The van der Waals surface area contributed by atoms with Gasteiger partial charge in [-0.3, -0.25) is 14.6 Å². The fourth-order valence-electron chi connectivity index (χ4n) is 3.52. The normalized spacial score (nSPS) is 14.1. The van der Waals surface area contributed by atoms with Gasteiger partial charge in [-0.25, -0.2) is 23.1 Å². The van der Waals surface area contributed by atoms with Crippen LogP contribution in [0.15, 0.2) is 24.8 Å². The van der Waals surface area contributed by atoms with Gasteiger partial charge < -0.3 is 26.2 Å². The number of nitrogens with zero attached hydrogens (tertiary/aromatic N) is 5. The minimum Gasteiger partial charge on any atom is -0.481 e. The predicted octanol–water partition coefficient (Wildman–Crippen LogP) is 2.17. The molecule has 0 saturated carbocycles. The smallest absolute Gasteiger partial charge is 0.481 e. The monoisotopic (exact) mass is 531 g/mol. The number of amides is 1. The summed E-state index contributed by atoms with van der Waals surface area (Å²) >= 11 is 0. The Bertz CT molecular complexity index is 1340. The average molecular weight is 531 g/mol. The molecule has 0 atom stereocenters. The molecule has 4 heterocycles. The zero-order chi connectivity index (χ0) is 27.5. The van der Waals surface area contributed by atoms with Crippen molar-refractivity contribution in [1.82, 2.24) is 19.6 Å². The first-order valence-electron chi connectivity index (χ1n) is 10.3. The van der Waals surface area contributed by atoms with Gasteiger partial charge in [-0.2, -0.15) is 13.2 Å². The van der Waals surface area contributed by atoms with Crippen LogP contribution in [0.1, 0.15) is 23.2 Å². The first-order valence-corrected chi connectivity index (χ1v) is 10.3. The van der Waals surface area contributed by atoms with Gasteiger partial charge >= 0.3 is 18.1 Å². The fourth-order valence-corrected chi connectivity index (χ4v) is 3.52. The number of nitrogen functional groups attached to an aromatic ring is 1. The number of anilines is 3. The second kappa shape index (κ2) is 10.6. The maximum absolute atomic E-state index is 14.6. The van der Waals surface area contributed by atoms with Gasteiger partial charge in [0.1, 0.15) is 11.3 Å². The van der Waals surface area contributed by atoms with Crippen molar-refractivity contribution in [2.24, 2.45) is 5.92 Å². The standard InChI is InChI=1S/C18H17F2N7O3.C2HF3O2/c19-10-5-23-16-13(15(21)25-27(16)8-10)17(28)24-12-7-22-6-11(20)14(12)26-3-1-9(2-4-26)18(29)30;3-2(4,5)1(6)7/h5-9H,1-4H2,(H2,21,25)(H,24,28)(H,29,30);(H,6,7). The van der Waals surface area contributed by atoms with Crippen LogP contribution >= 0.6 is 0 Å². The van der Waals surface area contributed by atoms with Gasteiger partial charge in [-0.05, 0) is 12.8 Å². The highest BCUT2D eigenvalue weighted by Gasteiger charge is 2.38. The molecule has 12 nitrogen and oxygen atoms in total. The molecule has 1 fully saturated rings. The van der Waals surface area contributed by atoms with Crippen molar-refractivity contribution in [1.29, 1.82) is 0 Å². The van der Waals surface area contributed by atoms with Gasteiger partial charge in [-0.1, -0.05) is 0 Å². The van der Waals surface area contributed by atoms with Crippen LogP contribution in [0.2, 0.25) is 0 Å². The van der Waals surface area contributed by atoms with Crippen LogP contribution in [0.3, 0.4) is 0 Å². The Balaban J connectivity index is 0.000000479. The molecule has 198 valence electrons. The first kappa shape index (κ1) is 27.0. The quantitative estimate of drug-likeness (QED) is 0.365. The molecule has 3 aromatic heterocycles. The Morgan fingerprint density at radius 1 is 1.08 bits per heavy atom. The number of carboxylic acid groups (broad SMARTS) is 2. The molecule has 0 radical (unpaired) electrons. The second-order valence-corrected chi connectivity index (χ2v) is 7.67. The number of pyridine rings is 1. The Morgan fingerprint density at radius 2 is 1.70 bits per heavy atom. The lowest BCUT2D eigenvalue weighted by molar-refractivity contribution is -0.192. The highest BCUT2D eigenvalue weighted by Crippen LogP contribution is 2.32. The summed E-state index contributed by atoms with van der Waals surface area (Å²) in [4.78, 5) is 42.2. The van der Waals surface area contributed by atoms with Crippen LogP contribution in [0, 0.1) is 17.6 Å². The van der Waals surface area contributed by atoms with E-state index in [9.17, 15) is 31.5 Å². The first-order chi connectivity index (χ1) is 17.3. The zero-order valence-electron chi connectivity index (χ0n) is 18.5. The van der Waals surface area contributed by atoms with Crippen molar-refractivity contribution in [3.63, 3.8) is 0 Å². The molecule has 5 N–H and O–H groups in total. The van der Waals surface area contributed by atoms with E-state index >= 15 is 0 Å². The summed E-state index contributed by atoms with van der Waals surface area (Å²) in [5.41, 5.74) is 5.95. The lowest BCUT2D eigenvalue weighted by Crippen LogP contribution is -2.37. The summed E-state index contributed by atoms with van der Waals surface area (Å²) < 4.78 is 60.7. The van der Waals surface area contributed by atoms with Crippen molar-refractivity contribution in [2.45, 2.75) is 19.0 Å². The van der Waals surface area contributed by atoms with Crippen LogP contribution < -0.4 is 16.0 Å². The number of halogens is 5. The number of fused-ring (bicyclic) bond motifs is 1. The van der Waals surface area contributed by atoms with E-state index < -0.39 is 41.6 Å². The molecule has 4 rings (SSSR count).